The van der Waals surface area contributed by atoms with Crippen molar-refractivity contribution in [3.63, 3.8) is 0 Å². The van der Waals surface area contributed by atoms with Crippen molar-refractivity contribution in [1.29, 1.82) is 0 Å². The first-order valence-corrected chi connectivity index (χ1v) is 9.16. The van der Waals surface area contributed by atoms with Crippen LogP contribution in [-0.4, -0.2) is 53.3 Å². The van der Waals surface area contributed by atoms with Gasteiger partial charge in [0.15, 0.2) is 0 Å². The van der Waals surface area contributed by atoms with Crippen LogP contribution in [0.2, 0.25) is 0 Å². The molecule has 0 radical (unpaired) electrons. The van der Waals surface area contributed by atoms with Gasteiger partial charge in [0, 0.05) is 37.6 Å². The minimum Gasteiger partial charge on any atom is -0.373 e. The van der Waals surface area contributed by atoms with Crippen molar-refractivity contribution < 1.29 is 9.53 Å². The Morgan fingerprint density at radius 1 is 1.32 bits per heavy atom. The van der Waals surface area contributed by atoms with Crippen LogP contribution in [0.5, 0.6) is 0 Å². The molecule has 1 aliphatic rings. The quantitative estimate of drug-likeness (QED) is 0.829. The Labute approximate surface area is 151 Å². The van der Waals surface area contributed by atoms with Crippen LogP contribution in [0.3, 0.4) is 0 Å². The first-order chi connectivity index (χ1) is 11.8. The van der Waals surface area contributed by atoms with Gasteiger partial charge in [-0.25, -0.2) is 4.79 Å². The normalized spacial score (nSPS) is 23.1. The number of carbonyl (C=O) groups excluding carboxylic acids is 1. The lowest BCUT2D eigenvalue weighted by Crippen LogP contribution is -2.59. The Balaban J connectivity index is 1.87. The number of aromatic nitrogens is 1. The largest absolute Gasteiger partial charge is 0.373 e. The number of nitrogens with zero attached hydrogens (tertiary/aromatic N) is 2. The van der Waals surface area contributed by atoms with E-state index >= 15 is 0 Å². The van der Waals surface area contributed by atoms with Gasteiger partial charge >= 0.3 is 6.03 Å². The standard InChI is InChI=1S/C19H32N4O2/c1-6-17(16-7-9-20-10-8-16)22-18(24)21-13-19(4,5)23-11-14(2)25-15(3)12-23/h7-10,14-15,17H,6,11-13H2,1-5H3,(H2,21,22,24)/t14-,15-,17+/m1/s1. The van der Waals surface area contributed by atoms with Crippen LogP contribution >= 0.6 is 0 Å². The van der Waals surface area contributed by atoms with Crippen LogP contribution < -0.4 is 10.6 Å². The topological polar surface area (TPSA) is 66.5 Å². The van der Waals surface area contributed by atoms with Gasteiger partial charge in [-0.3, -0.25) is 9.88 Å². The Kier molecular flexibility index (Phi) is 6.79. The molecule has 0 spiro atoms. The molecular formula is C19H32N4O2. The molecule has 2 rings (SSSR count). The monoisotopic (exact) mass is 348 g/mol. The highest BCUT2D eigenvalue weighted by Gasteiger charge is 2.33. The maximum atomic E-state index is 12.4. The van der Waals surface area contributed by atoms with E-state index in [0.717, 1.165) is 25.1 Å². The predicted molar refractivity (Wildman–Crippen MR) is 99.5 cm³/mol. The SMILES string of the molecule is CC[C@H](NC(=O)NCC(C)(C)N1C[C@@H](C)O[C@H](C)C1)c1ccncc1. The second kappa shape index (κ2) is 8.63. The van der Waals surface area contributed by atoms with Crippen LogP contribution in [-0.2, 0) is 4.74 Å². The highest BCUT2D eigenvalue weighted by molar-refractivity contribution is 5.74. The van der Waals surface area contributed by atoms with E-state index in [2.05, 4.69) is 55.1 Å². The molecule has 0 aliphatic carbocycles. The molecule has 0 unspecified atom stereocenters. The molecule has 0 saturated carbocycles. The highest BCUT2D eigenvalue weighted by Crippen LogP contribution is 2.21. The summed E-state index contributed by atoms with van der Waals surface area (Å²) in [5, 5.41) is 6.09. The number of morpholine rings is 1. The molecular weight excluding hydrogens is 316 g/mol. The average Bonchev–Trinajstić information content (AvgIpc) is 2.58. The number of hydrogen-bond donors (Lipinski definition) is 2. The first kappa shape index (κ1) is 19.7. The summed E-state index contributed by atoms with van der Waals surface area (Å²) in [4.78, 5) is 18.8. The second-order valence-electron chi connectivity index (χ2n) is 7.54. The van der Waals surface area contributed by atoms with E-state index in [9.17, 15) is 4.79 Å². The Hall–Kier alpha value is -1.66. The summed E-state index contributed by atoms with van der Waals surface area (Å²) < 4.78 is 5.81. The van der Waals surface area contributed by atoms with Gasteiger partial charge in [0.05, 0.1) is 18.2 Å². The van der Waals surface area contributed by atoms with E-state index in [4.69, 9.17) is 4.74 Å². The number of pyridine rings is 1. The minimum absolute atomic E-state index is 0.00505. The van der Waals surface area contributed by atoms with Crippen molar-refractivity contribution in [3.05, 3.63) is 30.1 Å². The van der Waals surface area contributed by atoms with Crippen molar-refractivity contribution in [2.75, 3.05) is 19.6 Å². The molecule has 1 fully saturated rings. The molecule has 2 heterocycles. The van der Waals surface area contributed by atoms with Gasteiger partial charge in [-0.1, -0.05) is 6.92 Å². The number of ether oxygens (including phenoxy) is 1. The predicted octanol–water partition coefficient (Wildman–Crippen LogP) is 2.72. The summed E-state index contributed by atoms with van der Waals surface area (Å²) >= 11 is 0. The molecule has 2 N–H and O–H groups in total. The van der Waals surface area contributed by atoms with Crippen LogP contribution in [0.1, 0.15) is 52.6 Å². The van der Waals surface area contributed by atoms with Gasteiger partial charge < -0.3 is 15.4 Å². The number of urea groups is 1. The fourth-order valence-corrected chi connectivity index (χ4v) is 3.31. The van der Waals surface area contributed by atoms with Crippen LogP contribution in [0.15, 0.2) is 24.5 Å². The molecule has 0 bridgehead atoms. The zero-order chi connectivity index (χ0) is 18.4. The Bertz CT molecular complexity index is 540. The lowest BCUT2D eigenvalue weighted by atomic mass is 10.00. The van der Waals surface area contributed by atoms with E-state index in [1.54, 1.807) is 12.4 Å². The zero-order valence-electron chi connectivity index (χ0n) is 16.1. The van der Waals surface area contributed by atoms with Gasteiger partial charge in [0.2, 0.25) is 0 Å². The third kappa shape index (κ3) is 5.68. The third-order valence-corrected chi connectivity index (χ3v) is 4.78. The maximum absolute atomic E-state index is 12.4. The van der Waals surface area contributed by atoms with E-state index in [0.29, 0.717) is 6.54 Å². The van der Waals surface area contributed by atoms with Gasteiger partial charge in [-0.05, 0) is 51.8 Å². The number of amides is 2. The number of nitrogens with one attached hydrogen (secondary N) is 2. The second-order valence-corrected chi connectivity index (χ2v) is 7.54. The van der Waals surface area contributed by atoms with Crippen molar-refractivity contribution in [1.82, 2.24) is 20.5 Å². The van der Waals surface area contributed by atoms with Crippen LogP contribution in [0.25, 0.3) is 0 Å². The molecule has 2 amide bonds. The van der Waals surface area contributed by atoms with E-state index in [1.165, 1.54) is 0 Å². The lowest BCUT2D eigenvalue weighted by molar-refractivity contribution is -0.0947. The maximum Gasteiger partial charge on any atom is 0.315 e. The molecule has 140 valence electrons. The van der Waals surface area contributed by atoms with Crippen LogP contribution in [0, 0.1) is 0 Å². The molecule has 1 aromatic heterocycles. The van der Waals surface area contributed by atoms with Crippen molar-refractivity contribution in [2.24, 2.45) is 0 Å². The fraction of sp³-hybridized carbons (Fsp3) is 0.684. The lowest BCUT2D eigenvalue weighted by Gasteiger charge is -2.45. The smallest absolute Gasteiger partial charge is 0.315 e. The molecule has 6 nitrogen and oxygen atoms in total. The average molecular weight is 348 g/mol. The number of rotatable bonds is 6. The summed E-state index contributed by atoms with van der Waals surface area (Å²) in [6, 6.07) is 3.74. The summed E-state index contributed by atoms with van der Waals surface area (Å²) in [7, 11) is 0. The molecule has 6 heteroatoms. The van der Waals surface area contributed by atoms with E-state index in [-0.39, 0.29) is 29.8 Å². The van der Waals surface area contributed by atoms with Crippen molar-refractivity contribution >= 4 is 6.03 Å². The van der Waals surface area contributed by atoms with Gasteiger partial charge in [-0.2, -0.15) is 0 Å². The first-order valence-electron chi connectivity index (χ1n) is 9.16. The van der Waals surface area contributed by atoms with E-state index in [1.807, 2.05) is 12.1 Å². The summed E-state index contributed by atoms with van der Waals surface area (Å²) in [5.41, 5.74) is 0.949. The van der Waals surface area contributed by atoms with Gasteiger partial charge in [0.1, 0.15) is 0 Å². The minimum atomic E-state index is -0.133. The Morgan fingerprint density at radius 2 is 1.92 bits per heavy atom. The van der Waals surface area contributed by atoms with Crippen LogP contribution in [0.4, 0.5) is 4.79 Å². The summed E-state index contributed by atoms with van der Waals surface area (Å²) in [6.07, 6.45) is 4.77. The van der Waals surface area contributed by atoms with Crippen molar-refractivity contribution in [2.45, 2.75) is 64.8 Å². The Morgan fingerprint density at radius 3 is 2.48 bits per heavy atom. The molecule has 0 aromatic carbocycles. The van der Waals surface area contributed by atoms with Gasteiger partial charge in [-0.15, -0.1) is 0 Å². The van der Waals surface area contributed by atoms with Gasteiger partial charge in [0.25, 0.3) is 0 Å². The fourth-order valence-electron chi connectivity index (χ4n) is 3.31. The van der Waals surface area contributed by atoms with Crippen molar-refractivity contribution in [3.8, 4) is 0 Å². The summed E-state index contributed by atoms with van der Waals surface area (Å²) in [5.74, 6) is 0. The highest BCUT2D eigenvalue weighted by atomic mass is 16.5. The molecule has 1 aromatic rings. The molecule has 25 heavy (non-hydrogen) atoms. The zero-order valence-corrected chi connectivity index (χ0v) is 16.1. The molecule has 3 atom stereocenters. The summed E-state index contributed by atoms with van der Waals surface area (Å²) in [6.45, 7) is 12.9. The molecule has 1 aliphatic heterocycles. The number of carbonyl (C=O) groups is 1. The van der Waals surface area contributed by atoms with E-state index < -0.39 is 0 Å². The third-order valence-electron chi connectivity index (χ3n) is 4.78. The number of hydrogen-bond acceptors (Lipinski definition) is 4. The molecule has 1 saturated heterocycles.